The number of hydrogen-bond acceptors (Lipinski definition) is 8. The first-order valence-corrected chi connectivity index (χ1v) is 12.6. The third-order valence-electron chi connectivity index (χ3n) is 5.98. The highest BCUT2D eigenvalue weighted by molar-refractivity contribution is 7.79. The Morgan fingerprint density at radius 2 is 0.909 bits per heavy atom. The van der Waals surface area contributed by atoms with Crippen LogP contribution in [0.25, 0.3) is 0 Å². The SMILES string of the molecule is C=CC(=O)OCC[N+](CC)(CC)CC.C=CC(=O)OCC[N+](CC)(CC)CC.O=S(=O)([O-])[O-]. The van der Waals surface area contributed by atoms with Gasteiger partial charge in [-0.15, -0.1) is 0 Å². The minimum Gasteiger partial charge on any atom is -0.759 e. The number of likely N-dealkylation sites (N-methyl/N-ethyl adjacent to an activating group) is 2. The first-order chi connectivity index (χ1) is 15.3. The van der Waals surface area contributed by atoms with E-state index in [2.05, 4.69) is 54.7 Å². The summed E-state index contributed by atoms with van der Waals surface area (Å²) in [6, 6.07) is 0. The van der Waals surface area contributed by atoms with Crippen LogP contribution >= 0.6 is 0 Å². The highest BCUT2D eigenvalue weighted by atomic mass is 32.3. The standard InChI is InChI=1S/2C11H22NO2.H2O4S/c2*1-5-11(13)14-10-9-12(6-2,7-3)8-4;1-5(2,3)4/h2*5H,1,6-10H2,2-4H3;(H2,1,2,3,4)/q2*+1;/p-2. The molecule has 0 spiro atoms. The highest BCUT2D eigenvalue weighted by Crippen LogP contribution is 2.06. The molecule has 0 amide bonds. The maximum atomic E-state index is 10.8. The van der Waals surface area contributed by atoms with E-state index in [1.54, 1.807) is 0 Å². The fourth-order valence-corrected chi connectivity index (χ4v) is 3.09. The summed E-state index contributed by atoms with van der Waals surface area (Å²) in [5.41, 5.74) is 0. The zero-order valence-corrected chi connectivity index (χ0v) is 22.0. The molecule has 0 bridgehead atoms. The maximum Gasteiger partial charge on any atom is 0.330 e. The average molecular weight is 497 g/mol. The van der Waals surface area contributed by atoms with Crippen molar-refractivity contribution in [1.29, 1.82) is 0 Å². The summed E-state index contributed by atoms with van der Waals surface area (Å²) in [5, 5.41) is 0. The molecule has 0 N–H and O–H groups in total. The van der Waals surface area contributed by atoms with E-state index in [1.165, 1.54) is 12.2 Å². The average Bonchev–Trinajstić information content (AvgIpc) is 2.79. The number of hydrogen-bond donors (Lipinski definition) is 0. The van der Waals surface area contributed by atoms with Crippen molar-refractivity contribution in [2.75, 3.05) is 65.6 Å². The Kier molecular flexibility index (Phi) is 21.3. The lowest BCUT2D eigenvalue weighted by atomic mass is 10.3. The van der Waals surface area contributed by atoms with E-state index < -0.39 is 10.4 Å². The Balaban J connectivity index is -0.000000453. The van der Waals surface area contributed by atoms with Crippen LogP contribution < -0.4 is 0 Å². The van der Waals surface area contributed by atoms with Crippen LogP contribution in [0.3, 0.4) is 0 Å². The molecule has 10 nitrogen and oxygen atoms in total. The maximum absolute atomic E-state index is 10.8. The van der Waals surface area contributed by atoms with Gasteiger partial charge in [0.2, 0.25) is 0 Å². The van der Waals surface area contributed by atoms with Gasteiger partial charge in [0.05, 0.1) is 39.3 Å². The van der Waals surface area contributed by atoms with E-state index in [0.29, 0.717) is 13.2 Å². The van der Waals surface area contributed by atoms with Crippen molar-refractivity contribution in [2.45, 2.75) is 41.5 Å². The fourth-order valence-electron chi connectivity index (χ4n) is 3.09. The van der Waals surface area contributed by atoms with Crippen LogP contribution in [-0.4, -0.2) is 104 Å². The van der Waals surface area contributed by atoms with E-state index in [4.69, 9.17) is 27.0 Å². The van der Waals surface area contributed by atoms with Gasteiger partial charge >= 0.3 is 11.9 Å². The molecule has 0 aliphatic carbocycles. The second-order valence-corrected chi connectivity index (χ2v) is 8.00. The van der Waals surface area contributed by atoms with Crippen LogP contribution in [0.5, 0.6) is 0 Å². The Morgan fingerprint density at radius 3 is 1.06 bits per heavy atom. The van der Waals surface area contributed by atoms with Crippen molar-refractivity contribution < 1.29 is 45.6 Å². The van der Waals surface area contributed by atoms with Crippen LogP contribution in [0.2, 0.25) is 0 Å². The normalized spacial score (nSPS) is 11.2. The molecule has 33 heavy (non-hydrogen) atoms. The number of nitrogens with zero attached hydrogens (tertiary/aromatic N) is 2. The summed E-state index contributed by atoms with van der Waals surface area (Å²) in [5.74, 6) is -0.655. The molecular formula is C22H44N2O8S. The van der Waals surface area contributed by atoms with E-state index in [-0.39, 0.29) is 11.9 Å². The summed E-state index contributed by atoms with van der Waals surface area (Å²) in [6.45, 7) is 29.0. The van der Waals surface area contributed by atoms with Gasteiger partial charge in [0, 0.05) is 22.6 Å². The molecule has 11 heteroatoms. The van der Waals surface area contributed by atoms with Crippen molar-refractivity contribution in [1.82, 2.24) is 0 Å². The monoisotopic (exact) mass is 496 g/mol. The molecule has 0 rings (SSSR count). The van der Waals surface area contributed by atoms with E-state index in [0.717, 1.165) is 61.3 Å². The van der Waals surface area contributed by atoms with E-state index >= 15 is 0 Å². The summed E-state index contributed by atoms with van der Waals surface area (Å²) in [7, 11) is -5.17. The smallest absolute Gasteiger partial charge is 0.330 e. The second kappa shape index (κ2) is 19.7. The van der Waals surface area contributed by atoms with Gasteiger partial charge in [-0.3, -0.25) is 8.42 Å². The van der Waals surface area contributed by atoms with E-state index in [9.17, 15) is 9.59 Å². The molecular weight excluding hydrogens is 452 g/mol. The zero-order chi connectivity index (χ0) is 26.6. The van der Waals surface area contributed by atoms with Crippen LogP contribution in [0, 0.1) is 0 Å². The van der Waals surface area contributed by atoms with Crippen molar-refractivity contribution in [3.63, 3.8) is 0 Å². The molecule has 0 aromatic heterocycles. The van der Waals surface area contributed by atoms with Gasteiger partial charge < -0.3 is 27.5 Å². The Hall–Kier alpha value is -1.79. The second-order valence-electron chi connectivity index (χ2n) is 7.18. The number of quaternary nitrogens is 2. The van der Waals surface area contributed by atoms with Crippen LogP contribution in [0.4, 0.5) is 0 Å². The Morgan fingerprint density at radius 1 is 0.697 bits per heavy atom. The summed E-state index contributed by atoms with van der Waals surface area (Å²) >= 11 is 0. The molecule has 196 valence electrons. The molecule has 0 radical (unpaired) electrons. The van der Waals surface area contributed by atoms with Crippen molar-refractivity contribution in [2.24, 2.45) is 0 Å². The number of rotatable bonds is 14. The molecule has 0 aliphatic rings. The Bertz CT molecular complexity index is 591. The van der Waals surface area contributed by atoms with Crippen molar-refractivity contribution in [3.8, 4) is 0 Å². The minimum absolute atomic E-state index is 0.327. The topological polar surface area (TPSA) is 133 Å². The molecule has 0 saturated heterocycles. The number of carbonyl (C=O) groups excluding carboxylic acids is 2. The first-order valence-electron chi connectivity index (χ1n) is 11.2. The van der Waals surface area contributed by atoms with Gasteiger partial charge in [0.1, 0.15) is 26.3 Å². The summed E-state index contributed by atoms with van der Waals surface area (Å²) < 4.78 is 46.1. The third-order valence-corrected chi connectivity index (χ3v) is 5.98. The minimum atomic E-state index is -5.17. The van der Waals surface area contributed by atoms with Gasteiger partial charge in [-0.1, -0.05) is 13.2 Å². The van der Waals surface area contributed by atoms with Gasteiger partial charge in [-0.05, 0) is 41.5 Å². The highest BCUT2D eigenvalue weighted by Gasteiger charge is 2.21. The van der Waals surface area contributed by atoms with Gasteiger partial charge in [-0.2, -0.15) is 0 Å². The van der Waals surface area contributed by atoms with Crippen molar-refractivity contribution >= 4 is 22.3 Å². The molecule has 0 aromatic carbocycles. The van der Waals surface area contributed by atoms with Crippen LogP contribution in [0.1, 0.15) is 41.5 Å². The first kappa shape index (κ1) is 35.8. The molecule has 0 saturated carbocycles. The quantitative estimate of drug-likeness (QED) is 0.117. The van der Waals surface area contributed by atoms with Gasteiger partial charge in [-0.25, -0.2) is 9.59 Å². The van der Waals surface area contributed by atoms with Gasteiger partial charge in [0.15, 0.2) is 0 Å². The number of ether oxygens (including phenoxy) is 2. The van der Waals surface area contributed by atoms with Crippen LogP contribution in [-0.2, 0) is 29.5 Å². The lowest BCUT2D eigenvalue weighted by Crippen LogP contribution is -2.49. The Labute approximate surface area is 200 Å². The summed E-state index contributed by atoms with van der Waals surface area (Å²) in [6.07, 6.45) is 2.41. The summed E-state index contributed by atoms with van der Waals surface area (Å²) in [4.78, 5) is 21.6. The zero-order valence-electron chi connectivity index (χ0n) is 21.2. The lowest BCUT2D eigenvalue weighted by molar-refractivity contribution is -0.923. The largest absolute Gasteiger partial charge is 0.759 e. The fraction of sp³-hybridized carbons (Fsp3) is 0.727. The molecule has 0 aromatic rings. The lowest BCUT2D eigenvalue weighted by Gasteiger charge is -2.35. The van der Waals surface area contributed by atoms with E-state index in [1.807, 2.05) is 0 Å². The number of carbonyl (C=O) groups is 2. The van der Waals surface area contributed by atoms with Gasteiger partial charge in [0.25, 0.3) is 0 Å². The number of esters is 2. The molecule has 0 heterocycles. The predicted molar refractivity (Wildman–Crippen MR) is 126 cm³/mol. The molecule has 0 atom stereocenters. The molecule has 0 unspecified atom stereocenters. The van der Waals surface area contributed by atoms with Crippen LogP contribution in [0.15, 0.2) is 25.3 Å². The molecule has 0 aliphatic heterocycles. The molecule has 0 fully saturated rings. The predicted octanol–water partition coefficient (Wildman–Crippen LogP) is 1.85. The third kappa shape index (κ3) is 20.5. The van der Waals surface area contributed by atoms with Crippen molar-refractivity contribution in [3.05, 3.63) is 25.3 Å².